The number of hydrogen-bond acceptors (Lipinski definition) is 3. The van der Waals surface area contributed by atoms with Gasteiger partial charge in [0.05, 0.1) is 28.8 Å². The van der Waals surface area contributed by atoms with Crippen LogP contribution in [0.5, 0.6) is 11.5 Å². The molecule has 2 aromatic rings. The lowest BCUT2D eigenvalue weighted by Crippen LogP contribution is -2.10. The molecule has 0 saturated carbocycles. The van der Waals surface area contributed by atoms with Crippen LogP contribution in [0.15, 0.2) is 36.4 Å². The van der Waals surface area contributed by atoms with Gasteiger partial charge in [-0.25, -0.2) is 0 Å². The molecular weight excluding hydrogens is 450 g/mol. The predicted octanol–water partition coefficient (Wildman–Crippen LogP) is 8.06. The third kappa shape index (κ3) is 9.00. The standard InChI is InChI=1S/C25H33Cl2O3P/c1-3-5-7-9-16-29-19-14-15-23(22(18-19)30-17-10-8-6-4-2)31-25(28)24-20(26)12-11-13-21(24)27/h11-15,18,31H,3-10,16-17H2,1-2H3. The summed E-state index contributed by atoms with van der Waals surface area (Å²) in [7, 11) is -0.130. The quantitative estimate of drug-likeness (QED) is 0.190. The van der Waals surface area contributed by atoms with Crippen molar-refractivity contribution in [2.75, 3.05) is 13.2 Å². The van der Waals surface area contributed by atoms with Crippen LogP contribution in [0.1, 0.15) is 75.6 Å². The van der Waals surface area contributed by atoms with Crippen molar-refractivity contribution in [3.63, 3.8) is 0 Å². The summed E-state index contributed by atoms with van der Waals surface area (Å²) in [6.45, 7) is 5.69. The van der Waals surface area contributed by atoms with E-state index >= 15 is 0 Å². The number of carbonyl (C=O) groups excluding carboxylic acids is 1. The molecule has 0 fully saturated rings. The highest BCUT2D eigenvalue weighted by Gasteiger charge is 2.18. The van der Waals surface area contributed by atoms with Crippen LogP contribution in [0.4, 0.5) is 0 Å². The van der Waals surface area contributed by atoms with E-state index in [0.29, 0.717) is 34.6 Å². The molecule has 0 aliphatic carbocycles. The Hall–Kier alpha value is -1.28. The summed E-state index contributed by atoms with van der Waals surface area (Å²) in [5.41, 5.74) is 0.272. The first kappa shape index (κ1) is 26.0. The molecular formula is C25H33Cl2O3P. The monoisotopic (exact) mass is 482 g/mol. The van der Waals surface area contributed by atoms with Gasteiger partial charge in [-0.2, -0.15) is 0 Å². The third-order valence-electron chi connectivity index (χ3n) is 4.91. The maximum Gasteiger partial charge on any atom is 0.188 e. The Labute approximate surface area is 198 Å². The summed E-state index contributed by atoms with van der Waals surface area (Å²) in [5.74, 6) is 1.48. The Morgan fingerprint density at radius 2 is 1.45 bits per heavy atom. The van der Waals surface area contributed by atoms with Gasteiger partial charge in [0, 0.05) is 11.4 Å². The molecule has 1 atom stereocenters. The van der Waals surface area contributed by atoms with Gasteiger partial charge >= 0.3 is 0 Å². The summed E-state index contributed by atoms with van der Waals surface area (Å²) in [5, 5.41) is 1.59. The summed E-state index contributed by atoms with van der Waals surface area (Å²) in [4.78, 5) is 12.9. The smallest absolute Gasteiger partial charge is 0.188 e. The Balaban J connectivity index is 2.10. The average molecular weight is 483 g/mol. The zero-order chi connectivity index (χ0) is 22.5. The molecule has 0 heterocycles. The Bertz CT molecular complexity index is 806. The van der Waals surface area contributed by atoms with E-state index in [1.807, 2.05) is 18.2 Å². The summed E-state index contributed by atoms with van der Waals surface area (Å²) < 4.78 is 12.0. The van der Waals surface area contributed by atoms with Crippen LogP contribution in [0, 0.1) is 0 Å². The maximum absolute atomic E-state index is 12.9. The van der Waals surface area contributed by atoms with Crippen molar-refractivity contribution < 1.29 is 14.3 Å². The minimum Gasteiger partial charge on any atom is -0.493 e. The first-order valence-electron chi connectivity index (χ1n) is 11.2. The van der Waals surface area contributed by atoms with E-state index in [1.165, 1.54) is 32.1 Å². The molecule has 0 spiro atoms. The van der Waals surface area contributed by atoms with Gasteiger partial charge in [-0.15, -0.1) is 0 Å². The third-order valence-corrected chi connectivity index (χ3v) is 6.70. The van der Waals surface area contributed by atoms with Crippen LogP contribution in [0.3, 0.4) is 0 Å². The minimum absolute atomic E-state index is 0.0975. The van der Waals surface area contributed by atoms with Crippen molar-refractivity contribution >= 4 is 42.6 Å². The lowest BCUT2D eigenvalue weighted by Gasteiger charge is -2.14. The molecule has 2 rings (SSSR count). The van der Waals surface area contributed by atoms with E-state index in [1.54, 1.807) is 18.2 Å². The van der Waals surface area contributed by atoms with E-state index in [0.717, 1.165) is 30.3 Å². The van der Waals surface area contributed by atoms with Gasteiger partial charge in [-0.1, -0.05) is 81.6 Å². The fraction of sp³-hybridized carbons (Fsp3) is 0.480. The van der Waals surface area contributed by atoms with E-state index < -0.39 is 0 Å². The van der Waals surface area contributed by atoms with Crippen molar-refractivity contribution in [1.82, 2.24) is 0 Å². The average Bonchev–Trinajstić information content (AvgIpc) is 2.75. The first-order chi connectivity index (χ1) is 15.1. The Kier molecular flexibility index (Phi) is 12.3. The van der Waals surface area contributed by atoms with Crippen LogP contribution in [0.25, 0.3) is 0 Å². The van der Waals surface area contributed by atoms with E-state index in [9.17, 15) is 4.79 Å². The molecule has 0 aliphatic heterocycles. The van der Waals surface area contributed by atoms with Gasteiger partial charge in [0.1, 0.15) is 11.5 Å². The lowest BCUT2D eigenvalue weighted by atomic mass is 10.2. The lowest BCUT2D eigenvalue weighted by molar-refractivity contribution is 0.108. The van der Waals surface area contributed by atoms with Crippen molar-refractivity contribution in [3.8, 4) is 11.5 Å². The zero-order valence-electron chi connectivity index (χ0n) is 18.5. The second-order valence-corrected chi connectivity index (χ2v) is 9.58. The topological polar surface area (TPSA) is 35.5 Å². The molecule has 170 valence electrons. The molecule has 3 nitrogen and oxygen atoms in total. The van der Waals surface area contributed by atoms with Gasteiger partial charge in [0.15, 0.2) is 5.52 Å². The molecule has 0 bridgehead atoms. The first-order valence-corrected chi connectivity index (χ1v) is 13.0. The van der Waals surface area contributed by atoms with E-state index in [-0.39, 0.29) is 14.1 Å². The normalized spacial score (nSPS) is 11.2. The molecule has 31 heavy (non-hydrogen) atoms. The van der Waals surface area contributed by atoms with E-state index in [2.05, 4.69) is 13.8 Å². The van der Waals surface area contributed by atoms with Crippen molar-refractivity contribution in [1.29, 1.82) is 0 Å². The molecule has 0 aromatic heterocycles. The van der Waals surface area contributed by atoms with Crippen LogP contribution in [-0.2, 0) is 0 Å². The number of rotatable bonds is 15. The largest absolute Gasteiger partial charge is 0.493 e. The molecule has 0 amide bonds. The fourth-order valence-corrected chi connectivity index (χ4v) is 4.95. The fourth-order valence-electron chi connectivity index (χ4n) is 3.14. The van der Waals surface area contributed by atoms with E-state index in [4.69, 9.17) is 32.7 Å². The number of benzene rings is 2. The number of unbranched alkanes of at least 4 members (excludes halogenated alkanes) is 6. The van der Waals surface area contributed by atoms with Gasteiger partial charge in [-0.05, 0) is 45.7 Å². The molecule has 0 aliphatic rings. The predicted molar refractivity (Wildman–Crippen MR) is 134 cm³/mol. The molecule has 0 saturated heterocycles. The Morgan fingerprint density at radius 3 is 2.06 bits per heavy atom. The SMILES string of the molecule is CCCCCCOc1ccc(PC(=O)c2c(Cl)cccc2Cl)c(OCCCCCC)c1. The zero-order valence-corrected chi connectivity index (χ0v) is 21.0. The molecule has 0 N–H and O–H groups in total. The molecule has 1 unspecified atom stereocenters. The molecule has 0 radical (unpaired) electrons. The summed E-state index contributed by atoms with van der Waals surface area (Å²) in [6.07, 6.45) is 9.14. The maximum atomic E-state index is 12.9. The summed E-state index contributed by atoms with van der Waals surface area (Å²) in [6, 6.07) is 10.8. The van der Waals surface area contributed by atoms with Gasteiger partial charge < -0.3 is 9.47 Å². The number of ether oxygens (including phenoxy) is 2. The number of hydrogen-bond donors (Lipinski definition) is 0. The molecule has 6 heteroatoms. The van der Waals surface area contributed by atoms with Gasteiger partial charge in [0.2, 0.25) is 0 Å². The number of carbonyl (C=O) groups is 1. The van der Waals surface area contributed by atoms with Crippen LogP contribution < -0.4 is 14.8 Å². The van der Waals surface area contributed by atoms with Crippen molar-refractivity contribution in [2.24, 2.45) is 0 Å². The van der Waals surface area contributed by atoms with Crippen LogP contribution in [0.2, 0.25) is 10.0 Å². The van der Waals surface area contributed by atoms with Gasteiger partial charge in [-0.3, -0.25) is 4.79 Å². The highest BCUT2D eigenvalue weighted by atomic mass is 35.5. The van der Waals surface area contributed by atoms with Crippen molar-refractivity contribution in [2.45, 2.75) is 65.2 Å². The minimum atomic E-state index is -0.130. The van der Waals surface area contributed by atoms with Crippen LogP contribution >= 0.6 is 31.8 Å². The highest BCUT2D eigenvalue weighted by Crippen LogP contribution is 2.33. The second kappa shape index (κ2) is 14.7. The van der Waals surface area contributed by atoms with Crippen molar-refractivity contribution in [3.05, 3.63) is 52.0 Å². The Morgan fingerprint density at radius 1 is 0.839 bits per heavy atom. The second-order valence-electron chi connectivity index (χ2n) is 7.53. The summed E-state index contributed by atoms with van der Waals surface area (Å²) >= 11 is 12.5. The van der Waals surface area contributed by atoms with Crippen LogP contribution in [-0.4, -0.2) is 18.7 Å². The van der Waals surface area contributed by atoms with Gasteiger partial charge in [0.25, 0.3) is 0 Å². The molecule has 2 aromatic carbocycles. The highest BCUT2D eigenvalue weighted by molar-refractivity contribution is 7.66. The number of halogens is 2.